The van der Waals surface area contributed by atoms with Crippen LogP contribution in [0.2, 0.25) is 0 Å². The fourth-order valence-electron chi connectivity index (χ4n) is 2.12. The van der Waals surface area contributed by atoms with Crippen molar-refractivity contribution in [1.82, 2.24) is 10.9 Å². The molecule has 0 spiro atoms. The third-order valence-corrected chi connectivity index (χ3v) is 3.58. The summed E-state index contributed by atoms with van der Waals surface area (Å²) in [6, 6.07) is 11.2. The Bertz CT molecular complexity index is 774. The lowest BCUT2D eigenvalue weighted by atomic mass is 10.2. The molecule has 0 atom stereocenters. The van der Waals surface area contributed by atoms with Gasteiger partial charge >= 0.3 is 0 Å². The van der Waals surface area contributed by atoms with Crippen molar-refractivity contribution in [3.63, 3.8) is 0 Å². The zero-order valence-corrected chi connectivity index (χ0v) is 14.3. The van der Waals surface area contributed by atoms with Gasteiger partial charge in [-0.05, 0) is 55.0 Å². The van der Waals surface area contributed by atoms with Gasteiger partial charge in [-0.2, -0.15) is 0 Å². The predicted octanol–water partition coefficient (Wildman–Crippen LogP) is 3.03. The minimum Gasteiger partial charge on any atom is -0.326 e. The zero-order chi connectivity index (χ0) is 18.9. The molecular formula is C19H20FN3O3. The predicted molar refractivity (Wildman–Crippen MR) is 95.9 cm³/mol. The van der Waals surface area contributed by atoms with E-state index in [1.54, 1.807) is 12.1 Å². The molecule has 0 aliphatic rings. The number of nitrogens with one attached hydrogen (secondary N) is 3. The van der Waals surface area contributed by atoms with E-state index in [4.69, 9.17) is 0 Å². The number of benzene rings is 2. The van der Waals surface area contributed by atoms with Gasteiger partial charge in [0.25, 0.3) is 11.8 Å². The Labute approximate surface area is 150 Å². The molecule has 2 aromatic carbocycles. The van der Waals surface area contributed by atoms with Crippen LogP contribution in [0.25, 0.3) is 0 Å². The van der Waals surface area contributed by atoms with Crippen molar-refractivity contribution >= 4 is 23.4 Å². The number of hydrogen-bond acceptors (Lipinski definition) is 3. The summed E-state index contributed by atoms with van der Waals surface area (Å²) in [5, 5.41) is 2.75. The van der Waals surface area contributed by atoms with E-state index < -0.39 is 17.6 Å². The van der Waals surface area contributed by atoms with Crippen LogP contribution in [0.4, 0.5) is 10.1 Å². The highest BCUT2D eigenvalue weighted by Gasteiger charge is 2.10. The summed E-state index contributed by atoms with van der Waals surface area (Å²) in [5.41, 5.74) is 5.67. The smallest absolute Gasteiger partial charge is 0.269 e. The van der Waals surface area contributed by atoms with Gasteiger partial charge in [0, 0.05) is 23.2 Å². The monoisotopic (exact) mass is 357 g/mol. The Morgan fingerprint density at radius 2 is 1.35 bits per heavy atom. The molecule has 0 heterocycles. The minimum atomic E-state index is -0.557. The van der Waals surface area contributed by atoms with E-state index >= 15 is 0 Å². The quantitative estimate of drug-likeness (QED) is 0.695. The van der Waals surface area contributed by atoms with E-state index in [2.05, 4.69) is 16.2 Å². The fourth-order valence-corrected chi connectivity index (χ4v) is 2.12. The maximum atomic E-state index is 12.8. The summed E-state index contributed by atoms with van der Waals surface area (Å²) in [7, 11) is 0. The molecule has 0 saturated heterocycles. The number of amides is 3. The molecule has 26 heavy (non-hydrogen) atoms. The number of halogens is 1. The normalized spacial score (nSPS) is 10.1. The number of unbranched alkanes of at least 4 members (excludes halogenated alkanes) is 1. The van der Waals surface area contributed by atoms with Crippen molar-refractivity contribution in [2.45, 2.75) is 26.2 Å². The van der Waals surface area contributed by atoms with Crippen LogP contribution in [0.5, 0.6) is 0 Å². The Balaban J connectivity index is 1.86. The van der Waals surface area contributed by atoms with Gasteiger partial charge in [0.1, 0.15) is 5.82 Å². The maximum Gasteiger partial charge on any atom is 0.269 e. The Morgan fingerprint density at radius 1 is 0.846 bits per heavy atom. The average molecular weight is 357 g/mol. The van der Waals surface area contributed by atoms with Gasteiger partial charge in [0.2, 0.25) is 5.91 Å². The first-order valence-corrected chi connectivity index (χ1v) is 8.25. The first-order chi connectivity index (χ1) is 12.5. The number of carbonyl (C=O) groups is 3. The van der Waals surface area contributed by atoms with Crippen molar-refractivity contribution in [3.05, 3.63) is 65.5 Å². The molecule has 136 valence electrons. The third kappa shape index (κ3) is 5.70. The standard InChI is InChI=1S/C19H20FN3O3/c1-2-3-4-17(24)21-16-11-7-14(8-12-16)19(26)23-22-18(25)13-5-9-15(20)10-6-13/h5-12H,2-4H2,1H3,(H,21,24)(H,22,25)(H,23,26). The minimum absolute atomic E-state index is 0.0735. The van der Waals surface area contributed by atoms with Crippen LogP contribution in [-0.2, 0) is 4.79 Å². The lowest BCUT2D eigenvalue weighted by molar-refractivity contribution is -0.116. The van der Waals surface area contributed by atoms with Crippen LogP contribution in [0.3, 0.4) is 0 Å². The molecule has 0 bridgehead atoms. The number of rotatable bonds is 6. The first-order valence-electron chi connectivity index (χ1n) is 8.25. The molecular weight excluding hydrogens is 337 g/mol. The Kier molecular flexibility index (Phi) is 6.84. The van der Waals surface area contributed by atoms with E-state index in [-0.39, 0.29) is 11.5 Å². The van der Waals surface area contributed by atoms with Crippen molar-refractivity contribution in [1.29, 1.82) is 0 Å². The van der Waals surface area contributed by atoms with Gasteiger partial charge in [-0.3, -0.25) is 25.2 Å². The molecule has 2 aromatic rings. The molecule has 0 radical (unpaired) electrons. The molecule has 3 amide bonds. The molecule has 0 aliphatic heterocycles. The van der Waals surface area contributed by atoms with Crippen molar-refractivity contribution < 1.29 is 18.8 Å². The number of hydrazine groups is 1. The van der Waals surface area contributed by atoms with Crippen LogP contribution >= 0.6 is 0 Å². The summed E-state index contributed by atoms with van der Waals surface area (Å²) in [6.07, 6.45) is 2.21. The van der Waals surface area contributed by atoms with Crippen molar-refractivity contribution in [3.8, 4) is 0 Å². The molecule has 6 nitrogen and oxygen atoms in total. The highest BCUT2D eigenvalue weighted by Crippen LogP contribution is 2.10. The molecule has 0 fully saturated rings. The van der Waals surface area contributed by atoms with Crippen molar-refractivity contribution in [2.75, 3.05) is 5.32 Å². The van der Waals surface area contributed by atoms with E-state index in [9.17, 15) is 18.8 Å². The average Bonchev–Trinajstić information content (AvgIpc) is 2.65. The van der Waals surface area contributed by atoms with E-state index in [0.717, 1.165) is 25.0 Å². The van der Waals surface area contributed by atoms with Crippen LogP contribution in [0.1, 0.15) is 46.9 Å². The summed E-state index contributed by atoms with van der Waals surface area (Å²) >= 11 is 0. The molecule has 3 N–H and O–H groups in total. The second-order valence-electron chi connectivity index (χ2n) is 5.64. The van der Waals surface area contributed by atoms with Crippen molar-refractivity contribution in [2.24, 2.45) is 0 Å². The van der Waals surface area contributed by atoms with Gasteiger partial charge in [0.05, 0.1) is 0 Å². The second kappa shape index (κ2) is 9.31. The highest BCUT2D eigenvalue weighted by molar-refractivity contribution is 5.99. The number of anilines is 1. The zero-order valence-electron chi connectivity index (χ0n) is 14.3. The van der Waals surface area contributed by atoms with E-state index in [1.807, 2.05) is 6.92 Å². The van der Waals surface area contributed by atoms with Gasteiger partial charge in [-0.15, -0.1) is 0 Å². The van der Waals surface area contributed by atoms with Crippen LogP contribution < -0.4 is 16.2 Å². The molecule has 2 rings (SSSR count). The molecule has 0 aliphatic carbocycles. The summed E-state index contributed by atoms with van der Waals surface area (Å²) < 4.78 is 12.8. The van der Waals surface area contributed by atoms with Gasteiger partial charge in [-0.25, -0.2) is 4.39 Å². The molecule has 0 unspecified atom stereocenters. The van der Waals surface area contributed by atoms with Gasteiger partial charge < -0.3 is 5.32 Å². The summed E-state index contributed by atoms with van der Waals surface area (Å²) in [4.78, 5) is 35.6. The Hall–Kier alpha value is -3.22. The third-order valence-electron chi connectivity index (χ3n) is 3.58. The van der Waals surface area contributed by atoms with Crippen LogP contribution in [0, 0.1) is 5.82 Å². The second-order valence-corrected chi connectivity index (χ2v) is 5.64. The lowest BCUT2D eigenvalue weighted by Gasteiger charge is -2.09. The van der Waals surface area contributed by atoms with Crippen LogP contribution in [0.15, 0.2) is 48.5 Å². The van der Waals surface area contributed by atoms with Crippen LogP contribution in [-0.4, -0.2) is 17.7 Å². The lowest BCUT2D eigenvalue weighted by Crippen LogP contribution is -2.41. The largest absolute Gasteiger partial charge is 0.326 e. The SMILES string of the molecule is CCCCC(=O)Nc1ccc(C(=O)NNC(=O)c2ccc(F)cc2)cc1. The first kappa shape index (κ1) is 19.1. The summed E-state index contributed by atoms with van der Waals surface area (Å²) in [6.45, 7) is 2.01. The van der Waals surface area contributed by atoms with E-state index in [0.29, 0.717) is 17.7 Å². The highest BCUT2D eigenvalue weighted by atomic mass is 19.1. The van der Waals surface area contributed by atoms with E-state index in [1.165, 1.54) is 24.3 Å². The Morgan fingerprint density at radius 3 is 1.85 bits per heavy atom. The van der Waals surface area contributed by atoms with Gasteiger partial charge in [-0.1, -0.05) is 13.3 Å². The topological polar surface area (TPSA) is 87.3 Å². The number of carbonyl (C=O) groups excluding carboxylic acids is 3. The summed E-state index contributed by atoms with van der Waals surface area (Å²) in [5.74, 6) is -1.59. The van der Waals surface area contributed by atoms with Gasteiger partial charge in [0.15, 0.2) is 0 Å². The number of hydrogen-bond donors (Lipinski definition) is 3. The fraction of sp³-hybridized carbons (Fsp3) is 0.211. The molecule has 0 aromatic heterocycles. The molecule has 7 heteroatoms. The molecule has 0 saturated carbocycles. The maximum absolute atomic E-state index is 12.8.